The molecule has 0 aliphatic carbocycles. The molecule has 0 saturated heterocycles. The summed E-state index contributed by atoms with van der Waals surface area (Å²) >= 11 is 0. The first-order valence-electron chi connectivity index (χ1n) is 5.48. The van der Waals surface area contributed by atoms with Crippen LogP contribution in [0.3, 0.4) is 0 Å². The predicted octanol–water partition coefficient (Wildman–Crippen LogP) is 5.48. The van der Waals surface area contributed by atoms with Gasteiger partial charge in [-0.1, -0.05) is 0 Å². The summed E-state index contributed by atoms with van der Waals surface area (Å²) in [6.07, 6.45) is -7.48. The van der Waals surface area contributed by atoms with E-state index < -0.39 is 54.5 Å². The second-order valence-corrected chi connectivity index (χ2v) is 4.85. The zero-order valence-electron chi connectivity index (χ0n) is 11.5. The van der Waals surface area contributed by atoms with Crippen LogP contribution in [0.15, 0.2) is 0 Å². The molecule has 0 aromatic heterocycles. The molecule has 0 atom stereocenters. The first-order chi connectivity index (χ1) is 10.8. The third-order valence-corrected chi connectivity index (χ3v) is 2.89. The largest absolute Gasteiger partial charge is 0.452 e. The van der Waals surface area contributed by atoms with Gasteiger partial charge in [-0.2, -0.15) is 75.4 Å². The molecular weight excluding hydrogens is 428 g/mol. The minimum absolute atomic E-state index is 1.24. The van der Waals surface area contributed by atoms with Gasteiger partial charge in [0.2, 0.25) is 0 Å². The van der Waals surface area contributed by atoms with Crippen LogP contribution in [0.4, 0.5) is 70.2 Å². The Kier molecular flexibility index (Phi) is 5.42. The topological polar surface area (TPSA) is 19.9 Å². The van der Waals surface area contributed by atoms with Crippen LogP contribution in [-0.2, 0) is 5.11 Å². The summed E-state index contributed by atoms with van der Waals surface area (Å²) in [5, 5.41) is 9.55. The highest BCUT2D eigenvalue weighted by molar-refractivity contribution is 5.14. The van der Waals surface area contributed by atoms with Gasteiger partial charge in [-0.25, -0.2) is 0 Å². The van der Waals surface area contributed by atoms with Crippen LogP contribution in [0.5, 0.6) is 0 Å². The number of halogens is 16. The average Bonchev–Trinajstić information content (AvgIpc) is 2.34. The molecule has 0 heterocycles. The summed E-state index contributed by atoms with van der Waals surface area (Å²) in [6.45, 7) is -1.24. The van der Waals surface area contributed by atoms with Crippen molar-refractivity contribution in [2.45, 2.75) is 54.5 Å². The van der Waals surface area contributed by atoms with E-state index in [0.29, 0.717) is 0 Å². The molecule has 0 amide bonds. The lowest BCUT2D eigenvalue weighted by atomic mass is 9.89. The molecule has 0 saturated carbocycles. The number of alkyl halides is 16. The molecule has 1 nitrogen and oxygen atoms in total. The minimum atomic E-state index is -8.52. The average molecular weight is 431 g/mol. The normalized spacial score (nSPS) is 16.8. The van der Waals surface area contributed by atoms with Gasteiger partial charge < -0.3 is 0 Å². The summed E-state index contributed by atoms with van der Waals surface area (Å²) in [5.41, 5.74) is 0. The van der Waals surface area contributed by atoms with Crippen molar-refractivity contribution in [3.63, 3.8) is 0 Å². The molecule has 1 radical (unpaired) electrons. The monoisotopic (exact) mass is 431 g/mol. The first-order valence-corrected chi connectivity index (χ1v) is 5.48. The Hall–Kier alpha value is -1.16. The van der Waals surface area contributed by atoms with Gasteiger partial charge in [0.1, 0.15) is 0 Å². The summed E-state index contributed by atoms with van der Waals surface area (Å²) in [7, 11) is 0. The van der Waals surface area contributed by atoms with E-state index in [2.05, 4.69) is 0 Å². The third-order valence-electron chi connectivity index (χ3n) is 2.89. The molecule has 0 fully saturated rings. The van der Waals surface area contributed by atoms with Crippen molar-refractivity contribution in [3.8, 4) is 0 Å². The molecule has 26 heavy (non-hydrogen) atoms. The lowest BCUT2D eigenvalue weighted by Gasteiger charge is -2.42. The highest BCUT2D eigenvalue weighted by Gasteiger charge is 2.94. The highest BCUT2D eigenvalue weighted by Crippen LogP contribution is 2.63. The van der Waals surface area contributed by atoms with Gasteiger partial charge in [0, 0.05) is 6.92 Å². The van der Waals surface area contributed by atoms with Crippen LogP contribution in [0.25, 0.3) is 0 Å². The van der Waals surface area contributed by atoms with E-state index in [4.69, 9.17) is 0 Å². The smallest absolute Gasteiger partial charge is 0.200 e. The van der Waals surface area contributed by atoms with Crippen LogP contribution < -0.4 is 0 Å². The molecule has 0 N–H and O–H groups in total. The van der Waals surface area contributed by atoms with E-state index in [1.54, 1.807) is 0 Å². The maximum Gasteiger partial charge on any atom is 0.452 e. The standard InChI is InChI=1S/C9H3F16O/c1-2(10,11)3(12,13)4(14,15)5(16,17)6(18,19)7(20,21)8(22,23)9(24,25)26/h1H3. The van der Waals surface area contributed by atoms with E-state index in [0.717, 1.165) is 0 Å². The Morgan fingerprint density at radius 2 is 0.577 bits per heavy atom. The van der Waals surface area contributed by atoms with E-state index in [1.807, 2.05) is 0 Å². The highest BCUT2D eigenvalue weighted by atomic mass is 19.4. The predicted molar refractivity (Wildman–Crippen MR) is 45.9 cm³/mol. The van der Waals surface area contributed by atoms with Gasteiger partial charge in [0.05, 0.1) is 0 Å². The summed E-state index contributed by atoms with van der Waals surface area (Å²) in [6, 6.07) is 0. The Balaban J connectivity index is 6.61. The third kappa shape index (κ3) is 2.85. The van der Waals surface area contributed by atoms with E-state index in [-0.39, 0.29) is 0 Å². The summed E-state index contributed by atoms with van der Waals surface area (Å²) in [5.74, 6) is -55.4. The number of hydrogen-bond acceptors (Lipinski definition) is 0. The van der Waals surface area contributed by atoms with Crippen molar-refractivity contribution in [3.05, 3.63) is 0 Å². The number of hydrogen-bond donors (Lipinski definition) is 0. The lowest BCUT2D eigenvalue weighted by Crippen LogP contribution is -2.74. The van der Waals surface area contributed by atoms with Crippen LogP contribution >= 0.6 is 0 Å². The Bertz CT molecular complexity index is 475. The van der Waals surface area contributed by atoms with Gasteiger partial charge in [-0.05, 0) is 0 Å². The van der Waals surface area contributed by atoms with E-state index in [9.17, 15) is 75.4 Å². The van der Waals surface area contributed by atoms with Crippen LogP contribution in [0, 0.1) is 0 Å². The Labute approximate surface area is 131 Å². The SMILES string of the molecule is CC(F)(F)C(F)(F)C(F)(F)C(F)(F)C(F)(F)C(F)(F)C(F)(F)C([O])(F)F. The molecule has 0 bridgehead atoms. The van der Waals surface area contributed by atoms with Crippen molar-refractivity contribution in [1.82, 2.24) is 0 Å². The van der Waals surface area contributed by atoms with Gasteiger partial charge in [0.25, 0.3) is 0 Å². The van der Waals surface area contributed by atoms with Crippen molar-refractivity contribution >= 4 is 0 Å². The van der Waals surface area contributed by atoms with Crippen molar-refractivity contribution in [2.24, 2.45) is 0 Å². The summed E-state index contributed by atoms with van der Waals surface area (Å²) < 4.78 is 202. The lowest BCUT2D eigenvalue weighted by molar-refractivity contribution is -0.474. The minimum Gasteiger partial charge on any atom is -0.200 e. The molecule has 0 aliphatic rings. The molecule has 17 heteroatoms. The Morgan fingerprint density at radius 3 is 0.769 bits per heavy atom. The van der Waals surface area contributed by atoms with Crippen molar-refractivity contribution in [1.29, 1.82) is 0 Å². The molecule has 0 rings (SSSR count). The number of rotatable bonds is 7. The van der Waals surface area contributed by atoms with Crippen molar-refractivity contribution in [2.75, 3.05) is 0 Å². The fraction of sp³-hybridized carbons (Fsp3) is 1.00. The molecule has 157 valence electrons. The van der Waals surface area contributed by atoms with Crippen LogP contribution in [0.1, 0.15) is 6.92 Å². The second kappa shape index (κ2) is 5.67. The fourth-order valence-corrected chi connectivity index (χ4v) is 1.25. The molecule has 0 unspecified atom stereocenters. The summed E-state index contributed by atoms with van der Waals surface area (Å²) in [4.78, 5) is 0. The molecule has 0 aliphatic heterocycles. The van der Waals surface area contributed by atoms with Gasteiger partial charge >= 0.3 is 47.6 Å². The Morgan fingerprint density at radius 1 is 0.385 bits per heavy atom. The molecule has 0 spiro atoms. The molecular formula is C9H3F16O. The molecule has 0 aromatic carbocycles. The van der Waals surface area contributed by atoms with Gasteiger partial charge in [-0.15, -0.1) is 0 Å². The fourth-order valence-electron chi connectivity index (χ4n) is 1.25. The molecule has 0 aromatic rings. The van der Waals surface area contributed by atoms with Crippen molar-refractivity contribution < 1.29 is 75.4 Å². The second-order valence-electron chi connectivity index (χ2n) is 4.85. The van der Waals surface area contributed by atoms with Gasteiger partial charge in [-0.3, -0.25) is 0 Å². The van der Waals surface area contributed by atoms with E-state index >= 15 is 0 Å². The van der Waals surface area contributed by atoms with E-state index in [1.165, 1.54) is 0 Å². The zero-order valence-corrected chi connectivity index (χ0v) is 11.5. The zero-order chi connectivity index (χ0) is 22.0. The quantitative estimate of drug-likeness (QED) is 0.477. The first kappa shape index (κ1) is 24.8. The van der Waals surface area contributed by atoms with Gasteiger partial charge in [0.15, 0.2) is 0 Å². The van der Waals surface area contributed by atoms with Crippen LogP contribution in [0.2, 0.25) is 0 Å². The maximum atomic E-state index is 12.9. The van der Waals surface area contributed by atoms with Crippen LogP contribution in [-0.4, -0.2) is 47.6 Å². The maximum absolute atomic E-state index is 12.9.